The van der Waals surface area contributed by atoms with Crippen LogP contribution in [0.1, 0.15) is 41.5 Å². The minimum absolute atomic E-state index is 0. The summed E-state index contributed by atoms with van der Waals surface area (Å²) in [6.45, 7) is 12.0. The number of hydrogen-bond donors (Lipinski definition) is 0. The van der Waals surface area contributed by atoms with Crippen LogP contribution in [0, 0.1) is 0 Å². The van der Waals surface area contributed by atoms with Gasteiger partial charge in [-0.2, -0.15) is 0 Å². The van der Waals surface area contributed by atoms with E-state index in [0.29, 0.717) is 0 Å². The van der Waals surface area contributed by atoms with Crippen molar-refractivity contribution in [2.45, 2.75) is 41.5 Å². The van der Waals surface area contributed by atoms with Crippen LogP contribution in [0.5, 0.6) is 0 Å². The standard InChI is InChI=1S/3C2H6.2V/c3*1-2;;/h3*1-2H3;;. The van der Waals surface area contributed by atoms with Gasteiger partial charge in [-0.15, -0.1) is 0 Å². The Hall–Kier alpha value is 1.17. The Morgan fingerprint density at radius 2 is 0.375 bits per heavy atom. The summed E-state index contributed by atoms with van der Waals surface area (Å²) in [5, 5.41) is 0. The van der Waals surface area contributed by atoms with Crippen LogP contribution in [-0.2, 0) is 37.1 Å². The third-order valence-electron chi connectivity index (χ3n) is 0. The SMILES string of the molecule is CC.CC.CC.[V].[V]. The fraction of sp³-hybridized carbons (Fsp3) is 1.00. The first-order valence-corrected chi connectivity index (χ1v) is 3.00. The van der Waals surface area contributed by atoms with E-state index in [1.807, 2.05) is 41.5 Å². The molecule has 0 aromatic rings. The maximum Gasteiger partial charge on any atom is 0 e. The van der Waals surface area contributed by atoms with Crippen molar-refractivity contribution in [3.05, 3.63) is 0 Å². The van der Waals surface area contributed by atoms with Gasteiger partial charge in [-0.1, -0.05) is 41.5 Å². The van der Waals surface area contributed by atoms with Gasteiger partial charge in [0.15, 0.2) is 0 Å². The minimum atomic E-state index is 0. The van der Waals surface area contributed by atoms with Crippen molar-refractivity contribution in [3.63, 3.8) is 0 Å². The minimum Gasteiger partial charge on any atom is -0.0683 e. The average Bonchev–Trinajstić information content (AvgIpc) is 1.81. The van der Waals surface area contributed by atoms with Crippen LogP contribution < -0.4 is 0 Å². The molecule has 0 rings (SSSR count). The summed E-state index contributed by atoms with van der Waals surface area (Å²) in [4.78, 5) is 0. The van der Waals surface area contributed by atoms with Crippen molar-refractivity contribution >= 4 is 0 Å². The van der Waals surface area contributed by atoms with Gasteiger partial charge < -0.3 is 0 Å². The number of rotatable bonds is 0. The largest absolute Gasteiger partial charge is 0.0683 e. The Kier molecular flexibility index (Phi) is 1350. The van der Waals surface area contributed by atoms with E-state index >= 15 is 0 Å². The Morgan fingerprint density at radius 1 is 0.375 bits per heavy atom. The molecule has 0 spiro atoms. The van der Waals surface area contributed by atoms with Crippen molar-refractivity contribution in [2.75, 3.05) is 0 Å². The summed E-state index contributed by atoms with van der Waals surface area (Å²) in [5.74, 6) is 0. The summed E-state index contributed by atoms with van der Waals surface area (Å²) in [7, 11) is 0. The van der Waals surface area contributed by atoms with Crippen molar-refractivity contribution in [1.82, 2.24) is 0 Å². The summed E-state index contributed by atoms with van der Waals surface area (Å²) < 4.78 is 0. The molecule has 0 aromatic heterocycles. The summed E-state index contributed by atoms with van der Waals surface area (Å²) >= 11 is 0. The molecular weight excluding hydrogens is 174 g/mol. The zero-order chi connectivity index (χ0) is 6.00. The topological polar surface area (TPSA) is 0 Å². The van der Waals surface area contributed by atoms with Crippen LogP contribution in [0.25, 0.3) is 0 Å². The van der Waals surface area contributed by atoms with Crippen LogP contribution in [0.15, 0.2) is 0 Å². The monoisotopic (exact) mass is 192 g/mol. The predicted molar refractivity (Wildman–Crippen MR) is 34.0 cm³/mol. The molecule has 2 radical (unpaired) electrons. The Bertz CT molecular complexity index is 6.49. The molecule has 0 bridgehead atoms. The molecule has 0 heterocycles. The van der Waals surface area contributed by atoms with Gasteiger partial charge in [-0.3, -0.25) is 0 Å². The molecule has 0 fully saturated rings. The van der Waals surface area contributed by atoms with Gasteiger partial charge in [0.25, 0.3) is 0 Å². The van der Waals surface area contributed by atoms with E-state index in [0.717, 1.165) is 0 Å². The van der Waals surface area contributed by atoms with Gasteiger partial charge in [-0.25, -0.2) is 0 Å². The summed E-state index contributed by atoms with van der Waals surface area (Å²) in [5.41, 5.74) is 0. The first-order chi connectivity index (χ1) is 3.00. The van der Waals surface area contributed by atoms with E-state index in [-0.39, 0.29) is 37.1 Å². The second kappa shape index (κ2) is 307. The molecular formula is C6H18V2. The van der Waals surface area contributed by atoms with Crippen LogP contribution in [0.3, 0.4) is 0 Å². The maximum absolute atomic E-state index is 2.00. The third kappa shape index (κ3) is 200. The molecule has 0 unspecified atom stereocenters. The van der Waals surface area contributed by atoms with Crippen LogP contribution in [-0.4, -0.2) is 0 Å². The van der Waals surface area contributed by atoms with Crippen molar-refractivity contribution < 1.29 is 37.1 Å². The quantitative estimate of drug-likeness (QED) is 0.553. The average molecular weight is 192 g/mol. The normalized spacial score (nSPS) is 2.25. The van der Waals surface area contributed by atoms with Gasteiger partial charge in [0.1, 0.15) is 0 Å². The van der Waals surface area contributed by atoms with Gasteiger partial charge in [-0.05, 0) is 0 Å². The Morgan fingerprint density at radius 3 is 0.375 bits per heavy atom. The first kappa shape index (κ1) is 35.2. The summed E-state index contributed by atoms with van der Waals surface area (Å²) in [6.07, 6.45) is 0. The van der Waals surface area contributed by atoms with Crippen molar-refractivity contribution in [3.8, 4) is 0 Å². The molecule has 8 heavy (non-hydrogen) atoms. The second-order valence-electron chi connectivity index (χ2n) is 0. The van der Waals surface area contributed by atoms with E-state index in [1.54, 1.807) is 0 Å². The Balaban J connectivity index is -0.00000000500. The first-order valence-electron chi connectivity index (χ1n) is 3.00. The fourth-order valence-electron chi connectivity index (χ4n) is 0. The van der Waals surface area contributed by atoms with Gasteiger partial charge in [0.05, 0.1) is 0 Å². The zero-order valence-electron chi connectivity index (χ0n) is 6.89. The molecule has 0 saturated carbocycles. The third-order valence-corrected chi connectivity index (χ3v) is 0. The molecule has 0 amide bonds. The molecule has 0 saturated heterocycles. The fourth-order valence-corrected chi connectivity index (χ4v) is 0. The van der Waals surface area contributed by atoms with Gasteiger partial charge in [0.2, 0.25) is 0 Å². The molecule has 0 aromatic carbocycles. The second-order valence-corrected chi connectivity index (χ2v) is 0. The zero-order valence-corrected chi connectivity index (χ0v) is 9.69. The molecule has 0 N–H and O–H groups in total. The Labute approximate surface area is 78.6 Å². The molecule has 0 aliphatic rings. The van der Waals surface area contributed by atoms with Crippen molar-refractivity contribution in [1.29, 1.82) is 0 Å². The van der Waals surface area contributed by atoms with E-state index in [1.165, 1.54) is 0 Å². The van der Waals surface area contributed by atoms with Crippen LogP contribution in [0.2, 0.25) is 0 Å². The van der Waals surface area contributed by atoms with Crippen LogP contribution >= 0.6 is 0 Å². The smallest absolute Gasteiger partial charge is 0 e. The van der Waals surface area contributed by atoms with Crippen LogP contribution in [0.4, 0.5) is 0 Å². The van der Waals surface area contributed by atoms with Gasteiger partial charge in [0, 0.05) is 37.1 Å². The molecule has 52 valence electrons. The maximum atomic E-state index is 2.00. The van der Waals surface area contributed by atoms with E-state index < -0.39 is 0 Å². The number of hydrogen-bond acceptors (Lipinski definition) is 0. The van der Waals surface area contributed by atoms with E-state index in [4.69, 9.17) is 0 Å². The van der Waals surface area contributed by atoms with E-state index in [9.17, 15) is 0 Å². The molecule has 2 heteroatoms. The molecule has 0 nitrogen and oxygen atoms in total. The van der Waals surface area contributed by atoms with Crippen molar-refractivity contribution in [2.24, 2.45) is 0 Å². The predicted octanol–water partition coefficient (Wildman–Crippen LogP) is 3.07. The van der Waals surface area contributed by atoms with Gasteiger partial charge >= 0.3 is 0 Å². The summed E-state index contributed by atoms with van der Waals surface area (Å²) in [6, 6.07) is 0. The molecule has 0 atom stereocenters. The van der Waals surface area contributed by atoms with E-state index in [2.05, 4.69) is 0 Å². The molecule has 0 aliphatic carbocycles. The molecule has 0 aliphatic heterocycles.